The van der Waals surface area contributed by atoms with Crippen LogP contribution in [0, 0.1) is 0 Å². The van der Waals surface area contributed by atoms with Crippen molar-refractivity contribution in [2.45, 2.75) is 13.0 Å². The number of para-hydroxylation sites is 2. The van der Waals surface area contributed by atoms with E-state index >= 15 is 0 Å². The summed E-state index contributed by atoms with van der Waals surface area (Å²) in [4.78, 5) is 27.1. The maximum Gasteiger partial charge on any atom is 0.238 e. The third-order valence-corrected chi connectivity index (χ3v) is 4.97. The van der Waals surface area contributed by atoms with Crippen molar-refractivity contribution in [3.8, 4) is 0 Å². The Balaban J connectivity index is 1.68. The lowest BCUT2D eigenvalue weighted by atomic mass is 10.2. The summed E-state index contributed by atoms with van der Waals surface area (Å²) in [5.41, 5.74) is 7.43. The van der Waals surface area contributed by atoms with Crippen LogP contribution in [0.5, 0.6) is 0 Å². The fraction of sp³-hybridized carbons (Fsp3) is 0.200. The van der Waals surface area contributed by atoms with Gasteiger partial charge in [-0.25, -0.2) is 0 Å². The molecule has 3 rings (SSSR count). The molecule has 29 heavy (non-hydrogen) atoms. The first-order chi connectivity index (χ1) is 13.9. The van der Waals surface area contributed by atoms with Gasteiger partial charge in [-0.3, -0.25) is 9.69 Å². The normalized spacial score (nSPS) is 11.9. The van der Waals surface area contributed by atoms with Crippen LogP contribution >= 0.6 is 15.9 Å². The molecular weight excluding hydrogens is 434 g/mol. The van der Waals surface area contributed by atoms with E-state index in [1.165, 1.54) is 0 Å². The van der Waals surface area contributed by atoms with Crippen molar-refractivity contribution in [3.63, 3.8) is 0 Å². The van der Waals surface area contributed by atoms with Crippen LogP contribution in [-0.2, 0) is 4.79 Å². The molecule has 150 valence electrons. The fourth-order valence-electron chi connectivity index (χ4n) is 2.62. The molecule has 3 aromatic rings. The van der Waals surface area contributed by atoms with E-state index in [-0.39, 0.29) is 24.4 Å². The maximum atomic E-state index is 12.4. The molecule has 0 bridgehead atoms. The number of likely N-dealkylation sites (N-methyl/N-ethyl adjacent to an activating group) is 1. The Morgan fingerprint density at radius 2 is 1.79 bits per heavy atom. The number of carbonyl (C=O) groups excluding carboxylic acids is 1. The van der Waals surface area contributed by atoms with Crippen LogP contribution in [0.3, 0.4) is 0 Å². The molecule has 0 spiro atoms. The monoisotopic (exact) mass is 455 g/mol. The van der Waals surface area contributed by atoms with Crippen molar-refractivity contribution in [1.82, 2.24) is 19.9 Å². The van der Waals surface area contributed by atoms with Gasteiger partial charge in [-0.1, -0.05) is 30.3 Å². The van der Waals surface area contributed by atoms with Gasteiger partial charge in [0.25, 0.3) is 0 Å². The van der Waals surface area contributed by atoms with Gasteiger partial charge in [0.1, 0.15) is 0 Å². The number of amides is 1. The van der Waals surface area contributed by atoms with Crippen molar-refractivity contribution >= 4 is 45.1 Å². The van der Waals surface area contributed by atoms with Crippen LogP contribution in [0.2, 0.25) is 0 Å². The Morgan fingerprint density at radius 3 is 2.52 bits per heavy atom. The standard InChI is InChI=1S/C20H22BrN7O/c1-13(28(2)12-17(29)24-16-11-7-6-10-15(16)21)18-25-19(22)27-20(26-18)23-14-8-4-3-5-9-14/h3-11,13H,12H2,1-2H3,(H,24,29)(H3,22,23,25,26,27)/t13-/m0/s1. The lowest BCUT2D eigenvalue weighted by Crippen LogP contribution is -2.33. The van der Waals surface area contributed by atoms with Gasteiger partial charge in [0.2, 0.25) is 17.8 Å². The molecule has 0 aliphatic rings. The molecule has 0 fully saturated rings. The second-order valence-electron chi connectivity index (χ2n) is 6.49. The van der Waals surface area contributed by atoms with E-state index in [4.69, 9.17) is 5.73 Å². The van der Waals surface area contributed by atoms with Crippen molar-refractivity contribution in [3.05, 3.63) is 64.9 Å². The van der Waals surface area contributed by atoms with E-state index in [0.29, 0.717) is 11.8 Å². The third-order valence-electron chi connectivity index (χ3n) is 4.28. The summed E-state index contributed by atoms with van der Waals surface area (Å²) in [5, 5.41) is 6.00. The number of nitrogens with zero attached hydrogens (tertiary/aromatic N) is 4. The number of hydrogen-bond donors (Lipinski definition) is 3. The number of rotatable bonds is 7. The minimum Gasteiger partial charge on any atom is -0.368 e. The van der Waals surface area contributed by atoms with Crippen LogP contribution in [0.15, 0.2) is 59.1 Å². The number of nitrogens with two attached hydrogens (primary N) is 1. The Bertz CT molecular complexity index is 984. The first-order valence-corrected chi connectivity index (χ1v) is 9.80. The van der Waals surface area contributed by atoms with Gasteiger partial charge < -0.3 is 16.4 Å². The second kappa shape index (κ2) is 9.44. The Kier molecular flexibility index (Phi) is 6.73. The van der Waals surface area contributed by atoms with Gasteiger partial charge in [0.05, 0.1) is 18.3 Å². The van der Waals surface area contributed by atoms with Gasteiger partial charge in [0.15, 0.2) is 5.82 Å². The summed E-state index contributed by atoms with van der Waals surface area (Å²) in [7, 11) is 1.83. The molecule has 1 aromatic heterocycles. The number of carbonyl (C=O) groups is 1. The van der Waals surface area contributed by atoms with E-state index in [2.05, 4.69) is 41.5 Å². The molecule has 0 aliphatic heterocycles. The molecule has 1 heterocycles. The summed E-state index contributed by atoms with van der Waals surface area (Å²) < 4.78 is 0.825. The molecule has 0 aliphatic carbocycles. The van der Waals surface area contributed by atoms with Gasteiger partial charge in [-0.15, -0.1) is 0 Å². The molecule has 9 heteroatoms. The smallest absolute Gasteiger partial charge is 0.238 e. The molecule has 1 atom stereocenters. The third kappa shape index (κ3) is 5.72. The molecule has 1 amide bonds. The zero-order valence-electron chi connectivity index (χ0n) is 16.1. The fourth-order valence-corrected chi connectivity index (χ4v) is 3.00. The first-order valence-electron chi connectivity index (χ1n) is 9.00. The molecule has 4 N–H and O–H groups in total. The lowest BCUT2D eigenvalue weighted by Gasteiger charge is -2.23. The lowest BCUT2D eigenvalue weighted by molar-refractivity contribution is -0.117. The summed E-state index contributed by atoms with van der Waals surface area (Å²) in [6.45, 7) is 2.07. The van der Waals surface area contributed by atoms with Crippen molar-refractivity contribution in [2.24, 2.45) is 0 Å². The largest absolute Gasteiger partial charge is 0.368 e. The van der Waals surface area contributed by atoms with E-state index in [1.807, 2.05) is 73.5 Å². The number of nitrogens with one attached hydrogen (secondary N) is 2. The SMILES string of the molecule is C[C@@H](c1nc(N)nc(Nc2ccccc2)n1)N(C)CC(=O)Nc1ccccc1Br. The van der Waals surface area contributed by atoms with Crippen LogP contribution in [0.25, 0.3) is 0 Å². The van der Waals surface area contributed by atoms with Crippen LogP contribution in [0.1, 0.15) is 18.8 Å². The van der Waals surface area contributed by atoms with Gasteiger partial charge in [-0.2, -0.15) is 15.0 Å². The second-order valence-corrected chi connectivity index (χ2v) is 7.34. The number of benzene rings is 2. The van der Waals surface area contributed by atoms with Crippen molar-refractivity contribution in [1.29, 1.82) is 0 Å². The minimum absolute atomic E-state index is 0.117. The Hall–Kier alpha value is -3.04. The minimum atomic E-state index is -0.249. The predicted molar refractivity (Wildman–Crippen MR) is 118 cm³/mol. The summed E-state index contributed by atoms with van der Waals surface area (Å²) in [6, 6.07) is 16.8. The van der Waals surface area contributed by atoms with Crippen LogP contribution in [0.4, 0.5) is 23.3 Å². The molecule has 0 saturated carbocycles. The number of anilines is 4. The maximum absolute atomic E-state index is 12.4. The summed E-state index contributed by atoms with van der Waals surface area (Å²) in [6.07, 6.45) is 0. The molecule has 0 saturated heterocycles. The first kappa shape index (κ1) is 20.7. The highest BCUT2D eigenvalue weighted by atomic mass is 79.9. The van der Waals surface area contributed by atoms with Crippen LogP contribution in [-0.4, -0.2) is 39.4 Å². The molecule has 0 radical (unpaired) electrons. The van der Waals surface area contributed by atoms with E-state index < -0.39 is 0 Å². The number of halogens is 1. The number of nitrogen functional groups attached to an aromatic ring is 1. The molecule has 8 nitrogen and oxygen atoms in total. The average Bonchev–Trinajstić information content (AvgIpc) is 2.69. The van der Waals surface area contributed by atoms with E-state index in [0.717, 1.165) is 15.8 Å². The zero-order valence-corrected chi connectivity index (χ0v) is 17.7. The van der Waals surface area contributed by atoms with E-state index in [1.54, 1.807) is 0 Å². The van der Waals surface area contributed by atoms with E-state index in [9.17, 15) is 4.79 Å². The van der Waals surface area contributed by atoms with Gasteiger partial charge >= 0.3 is 0 Å². The zero-order chi connectivity index (χ0) is 20.8. The molecule has 2 aromatic carbocycles. The Labute approximate surface area is 177 Å². The number of aromatic nitrogens is 3. The highest BCUT2D eigenvalue weighted by molar-refractivity contribution is 9.10. The average molecular weight is 456 g/mol. The highest BCUT2D eigenvalue weighted by Gasteiger charge is 2.19. The van der Waals surface area contributed by atoms with Gasteiger partial charge in [-0.05, 0) is 54.2 Å². The highest BCUT2D eigenvalue weighted by Crippen LogP contribution is 2.22. The molecule has 0 unspecified atom stereocenters. The van der Waals surface area contributed by atoms with Crippen molar-refractivity contribution < 1.29 is 4.79 Å². The predicted octanol–water partition coefficient (Wildman–Crippen LogP) is 3.59. The van der Waals surface area contributed by atoms with Gasteiger partial charge in [0, 0.05) is 10.2 Å². The quantitative estimate of drug-likeness (QED) is 0.499. The number of hydrogen-bond acceptors (Lipinski definition) is 7. The topological polar surface area (TPSA) is 109 Å². The Morgan fingerprint density at radius 1 is 1.10 bits per heavy atom. The molecular formula is C20H22BrN7O. The summed E-state index contributed by atoms with van der Waals surface area (Å²) >= 11 is 3.42. The van der Waals surface area contributed by atoms with Crippen molar-refractivity contribution in [2.75, 3.05) is 30.0 Å². The summed E-state index contributed by atoms with van der Waals surface area (Å²) in [5.74, 6) is 0.811. The van der Waals surface area contributed by atoms with Crippen LogP contribution < -0.4 is 16.4 Å².